The third-order valence-electron chi connectivity index (χ3n) is 2.50. The van der Waals surface area contributed by atoms with E-state index in [1.807, 2.05) is 43.3 Å². The highest BCUT2D eigenvalue weighted by Crippen LogP contribution is 2.31. The normalized spacial score (nSPS) is 10.2. The van der Waals surface area contributed by atoms with Gasteiger partial charge in [-0.15, -0.1) is 0 Å². The second-order valence-electron chi connectivity index (χ2n) is 3.95. The van der Waals surface area contributed by atoms with Gasteiger partial charge in [-0.25, -0.2) is 4.98 Å². The molecular formula is C13H14N2O2S. The zero-order valence-electron chi connectivity index (χ0n) is 10.5. The molecule has 2 aromatic rings. The molecule has 1 aromatic heterocycles. The van der Waals surface area contributed by atoms with Crippen molar-refractivity contribution in [1.82, 2.24) is 4.98 Å². The van der Waals surface area contributed by atoms with E-state index in [1.54, 1.807) is 7.11 Å². The summed E-state index contributed by atoms with van der Waals surface area (Å²) in [5, 5.41) is 0.822. The molecule has 18 heavy (non-hydrogen) atoms. The predicted molar refractivity (Wildman–Crippen MR) is 73.8 cm³/mol. The number of carbonyl (C=O) groups excluding carboxylic acids is 1. The van der Waals surface area contributed by atoms with Gasteiger partial charge >= 0.3 is 0 Å². The summed E-state index contributed by atoms with van der Waals surface area (Å²) in [4.78, 5) is 18.1. The monoisotopic (exact) mass is 262 g/mol. The molecule has 0 radical (unpaired) electrons. The van der Waals surface area contributed by atoms with Gasteiger partial charge in [-0.1, -0.05) is 11.3 Å². The third-order valence-corrected chi connectivity index (χ3v) is 3.64. The van der Waals surface area contributed by atoms with Gasteiger partial charge in [0.2, 0.25) is 0 Å². The SMILES string of the molecule is COc1ccc(-c2nc(N(C)C)sc2C=O)cc1. The summed E-state index contributed by atoms with van der Waals surface area (Å²) in [6.07, 6.45) is 0.851. The molecule has 0 N–H and O–H groups in total. The number of rotatable bonds is 4. The Kier molecular flexibility index (Phi) is 3.62. The van der Waals surface area contributed by atoms with Gasteiger partial charge in [-0.3, -0.25) is 4.79 Å². The Morgan fingerprint density at radius 3 is 2.44 bits per heavy atom. The van der Waals surface area contributed by atoms with Crippen molar-refractivity contribution in [2.75, 3.05) is 26.1 Å². The van der Waals surface area contributed by atoms with Crippen molar-refractivity contribution in [3.05, 3.63) is 29.1 Å². The number of hydrogen-bond acceptors (Lipinski definition) is 5. The largest absolute Gasteiger partial charge is 0.497 e. The Balaban J connectivity index is 2.44. The molecule has 0 fully saturated rings. The van der Waals surface area contributed by atoms with E-state index in [9.17, 15) is 4.79 Å². The van der Waals surface area contributed by atoms with E-state index >= 15 is 0 Å². The standard InChI is InChI=1S/C13H14N2O2S/c1-15(2)13-14-12(11(8-16)18-13)9-4-6-10(17-3)7-5-9/h4-8H,1-3H3. The smallest absolute Gasteiger partial charge is 0.186 e. The lowest BCUT2D eigenvalue weighted by atomic mass is 10.1. The van der Waals surface area contributed by atoms with Crippen LogP contribution in [0.3, 0.4) is 0 Å². The molecule has 0 aliphatic carbocycles. The first-order chi connectivity index (χ1) is 8.65. The molecule has 0 atom stereocenters. The van der Waals surface area contributed by atoms with Gasteiger partial charge in [0.05, 0.1) is 17.7 Å². The minimum atomic E-state index is 0.642. The van der Waals surface area contributed by atoms with E-state index in [4.69, 9.17) is 4.74 Å². The number of thiazole rings is 1. The number of methoxy groups -OCH3 is 1. The van der Waals surface area contributed by atoms with Crippen LogP contribution in [-0.4, -0.2) is 32.5 Å². The van der Waals surface area contributed by atoms with Crippen molar-refractivity contribution in [3.8, 4) is 17.0 Å². The molecule has 94 valence electrons. The fourth-order valence-corrected chi connectivity index (χ4v) is 2.37. The predicted octanol–water partition coefficient (Wildman–Crippen LogP) is 2.70. The van der Waals surface area contributed by atoms with E-state index in [-0.39, 0.29) is 0 Å². The minimum Gasteiger partial charge on any atom is -0.497 e. The van der Waals surface area contributed by atoms with Gasteiger partial charge in [0, 0.05) is 19.7 Å². The van der Waals surface area contributed by atoms with E-state index in [0.717, 1.165) is 28.4 Å². The maximum Gasteiger partial charge on any atom is 0.186 e. The highest BCUT2D eigenvalue weighted by atomic mass is 32.1. The van der Waals surface area contributed by atoms with E-state index in [0.29, 0.717) is 4.88 Å². The first-order valence-corrected chi connectivity index (χ1v) is 6.25. The molecular weight excluding hydrogens is 248 g/mol. The van der Waals surface area contributed by atoms with E-state index < -0.39 is 0 Å². The second kappa shape index (κ2) is 5.18. The summed E-state index contributed by atoms with van der Waals surface area (Å²) in [5.41, 5.74) is 1.64. The lowest BCUT2D eigenvalue weighted by Gasteiger charge is -2.05. The van der Waals surface area contributed by atoms with Gasteiger partial charge in [0.1, 0.15) is 5.75 Å². The van der Waals surface area contributed by atoms with Gasteiger partial charge in [0.15, 0.2) is 11.4 Å². The minimum absolute atomic E-state index is 0.642. The number of nitrogens with zero attached hydrogens (tertiary/aromatic N) is 2. The van der Waals surface area contributed by atoms with Gasteiger partial charge < -0.3 is 9.64 Å². The Morgan fingerprint density at radius 2 is 1.94 bits per heavy atom. The summed E-state index contributed by atoms with van der Waals surface area (Å²) < 4.78 is 5.11. The summed E-state index contributed by atoms with van der Waals surface area (Å²) in [6, 6.07) is 7.53. The van der Waals surface area contributed by atoms with Crippen LogP contribution in [0.4, 0.5) is 5.13 Å². The van der Waals surface area contributed by atoms with Crippen molar-refractivity contribution in [3.63, 3.8) is 0 Å². The van der Waals surface area contributed by atoms with Gasteiger partial charge in [-0.05, 0) is 24.3 Å². The van der Waals surface area contributed by atoms with Crippen molar-refractivity contribution in [1.29, 1.82) is 0 Å². The van der Waals surface area contributed by atoms with Crippen molar-refractivity contribution in [2.24, 2.45) is 0 Å². The van der Waals surface area contributed by atoms with Crippen LogP contribution in [0.1, 0.15) is 9.67 Å². The summed E-state index contributed by atoms with van der Waals surface area (Å²) >= 11 is 1.39. The number of benzene rings is 1. The number of aldehydes is 1. The highest BCUT2D eigenvalue weighted by molar-refractivity contribution is 7.17. The summed E-state index contributed by atoms with van der Waals surface area (Å²) in [5.74, 6) is 0.787. The van der Waals surface area contributed by atoms with Gasteiger partial charge in [0.25, 0.3) is 0 Å². The van der Waals surface area contributed by atoms with Crippen LogP contribution in [0.2, 0.25) is 0 Å². The summed E-state index contributed by atoms with van der Waals surface area (Å²) in [7, 11) is 5.44. The maximum absolute atomic E-state index is 11.1. The number of aromatic nitrogens is 1. The van der Waals surface area contributed by atoms with Crippen LogP contribution >= 0.6 is 11.3 Å². The first kappa shape index (κ1) is 12.6. The number of anilines is 1. The molecule has 0 saturated carbocycles. The van der Waals surface area contributed by atoms with E-state index in [1.165, 1.54) is 11.3 Å². The zero-order chi connectivity index (χ0) is 13.1. The molecule has 1 aromatic carbocycles. The van der Waals surface area contributed by atoms with Crippen LogP contribution < -0.4 is 9.64 Å². The molecule has 2 rings (SSSR count). The topological polar surface area (TPSA) is 42.4 Å². The van der Waals surface area contributed by atoms with Crippen LogP contribution in [0.15, 0.2) is 24.3 Å². The lowest BCUT2D eigenvalue weighted by molar-refractivity contribution is 0.112. The van der Waals surface area contributed by atoms with Crippen LogP contribution in [0.5, 0.6) is 5.75 Å². The Morgan fingerprint density at radius 1 is 1.28 bits per heavy atom. The Hall–Kier alpha value is -1.88. The average Bonchev–Trinajstić information content (AvgIpc) is 2.83. The molecule has 0 aliphatic rings. The number of ether oxygens (including phenoxy) is 1. The van der Waals surface area contributed by atoms with Crippen LogP contribution in [0.25, 0.3) is 11.3 Å². The van der Waals surface area contributed by atoms with Crippen LogP contribution in [-0.2, 0) is 0 Å². The molecule has 0 unspecified atom stereocenters. The molecule has 0 bridgehead atoms. The maximum atomic E-state index is 11.1. The molecule has 4 nitrogen and oxygen atoms in total. The first-order valence-electron chi connectivity index (χ1n) is 5.43. The lowest BCUT2D eigenvalue weighted by Crippen LogP contribution is -2.07. The van der Waals surface area contributed by atoms with Crippen molar-refractivity contribution >= 4 is 22.8 Å². The molecule has 0 spiro atoms. The second-order valence-corrected chi connectivity index (χ2v) is 4.96. The molecule has 5 heteroatoms. The molecule has 0 saturated heterocycles. The third kappa shape index (κ3) is 2.36. The quantitative estimate of drug-likeness (QED) is 0.794. The number of carbonyl (C=O) groups is 1. The fraction of sp³-hybridized carbons (Fsp3) is 0.231. The molecule has 0 aliphatic heterocycles. The Labute approximate surface area is 110 Å². The fourth-order valence-electron chi connectivity index (χ4n) is 1.55. The van der Waals surface area contributed by atoms with Crippen molar-refractivity contribution in [2.45, 2.75) is 0 Å². The molecule has 0 amide bonds. The summed E-state index contributed by atoms with van der Waals surface area (Å²) in [6.45, 7) is 0. The van der Waals surface area contributed by atoms with E-state index in [2.05, 4.69) is 4.98 Å². The van der Waals surface area contributed by atoms with Crippen LogP contribution in [0, 0.1) is 0 Å². The Bertz CT molecular complexity index is 547. The average molecular weight is 262 g/mol. The zero-order valence-corrected chi connectivity index (χ0v) is 11.3. The van der Waals surface area contributed by atoms with Crippen molar-refractivity contribution < 1.29 is 9.53 Å². The highest BCUT2D eigenvalue weighted by Gasteiger charge is 2.13. The number of hydrogen-bond donors (Lipinski definition) is 0. The van der Waals surface area contributed by atoms with Gasteiger partial charge in [-0.2, -0.15) is 0 Å². The molecule has 1 heterocycles.